The number of isocyanates is 1. The summed E-state index contributed by atoms with van der Waals surface area (Å²) in [7, 11) is 0. The average Bonchev–Trinajstić information content (AvgIpc) is 2.06. The molecule has 2 atom stereocenters. The van der Waals surface area contributed by atoms with Crippen LogP contribution >= 0.6 is 0 Å². The first-order valence-corrected chi connectivity index (χ1v) is 4.46. The normalized spacial score (nSPS) is 25.5. The lowest BCUT2D eigenvalue weighted by Crippen LogP contribution is -2.17. The van der Waals surface area contributed by atoms with E-state index in [0.29, 0.717) is 5.92 Å². The molecule has 12 heavy (non-hydrogen) atoms. The molecule has 0 aromatic rings. The molecule has 0 heterocycles. The van der Waals surface area contributed by atoms with Crippen LogP contribution in [0.5, 0.6) is 0 Å². The second-order valence-corrected chi connectivity index (χ2v) is 3.55. The Balaban J connectivity index is 2.50. The van der Waals surface area contributed by atoms with E-state index in [1.807, 2.05) is 6.92 Å². The molecule has 0 N–H and O–H groups in total. The molecule has 0 radical (unpaired) electrons. The zero-order valence-corrected chi connectivity index (χ0v) is 7.71. The number of aliphatic imine (C=N–C) groups is 1. The van der Waals surface area contributed by atoms with Crippen LogP contribution in [0.2, 0.25) is 0 Å². The molecule has 0 saturated carbocycles. The highest BCUT2D eigenvalue weighted by molar-refractivity contribution is 5.33. The molecular weight excluding hydrogens is 150 g/mol. The molecule has 0 bridgehead atoms. The highest BCUT2D eigenvalue weighted by Crippen LogP contribution is 2.26. The topological polar surface area (TPSA) is 29.4 Å². The predicted octanol–water partition coefficient (Wildman–Crippen LogP) is 2.46. The maximum Gasteiger partial charge on any atom is 0.235 e. The first-order chi connectivity index (χ1) is 5.74. The Labute approximate surface area is 73.4 Å². The zero-order valence-electron chi connectivity index (χ0n) is 7.71. The maximum absolute atomic E-state index is 10.0. The van der Waals surface area contributed by atoms with Gasteiger partial charge in [0.2, 0.25) is 6.08 Å². The second-order valence-electron chi connectivity index (χ2n) is 3.55. The van der Waals surface area contributed by atoms with Gasteiger partial charge in [-0.15, -0.1) is 0 Å². The third kappa shape index (κ3) is 2.31. The SMILES string of the molecule is CC1=CCC(C(C)N=C=O)CC1. The minimum atomic E-state index is 0.145. The third-order valence-corrected chi connectivity index (χ3v) is 2.62. The van der Waals surface area contributed by atoms with Crippen molar-refractivity contribution in [3.8, 4) is 0 Å². The summed E-state index contributed by atoms with van der Waals surface area (Å²) >= 11 is 0. The fraction of sp³-hybridized carbons (Fsp3) is 0.700. The van der Waals surface area contributed by atoms with E-state index in [4.69, 9.17) is 0 Å². The Morgan fingerprint density at radius 3 is 3.00 bits per heavy atom. The van der Waals surface area contributed by atoms with Gasteiger partial charge in [-0.05, 0) is 39.0 Å². The molecule has 0 spiro atoms. The quantitative estimate of drug-likeness (QED) is 0.351. The van der Waals surface area contributed by atoms with E-state index in [2.05, 4.69) is 18.0 Å². The summed E-state index contributed by atoms with van der Waals surface area (Å²) in [6, 6.07) is 0.145. The fourth-order valence-electron chi connectivity index (χ4n) is 1.61. The van der Waals surface area contributed by atoms with Gasteiger partial charge in [-0.25, -0.2) is 9.79 Å². The van der Waals surface area contributed by atoms with Crippen LogP contribution in [-0.4, -0.2) is 12.1 Å². The highest BCUT2D eigenvalue weighted by Gasteiger charge is 2.18. The Morgan fingerprint density at radius 1 is 1.75 bits per heavy atom. The van der Waals surface area contributed by atoms with Crippen molar-refractivity contribution in [2.75, 3.05) is 0 Å². The number of hydrogen-bond acceptors (Lipinski definition) is 2. The molecule has 1 aliphatic carbocycles. The van der Waals surface area contributed by atoms with Gasteiger partial charge in [-0.3, -0.25) is 0 Å². The third-order valence-electron chi connectivity index (χ3n) is 2.62. The smallest absolute Gasteiger partial charge is 0.211 e. The standard InChI is InChI=1S/C10H15NO/c1-8-3-5-10(6-4-8)9(2)11-7-12/h3,9-10H,4-6H2,1-2H3. The first-order valence-electron chi connectivity index (χ1n) is 4.46. The highest BCUT2D eigenvalue weighted by atomic mass is 16.1. The largest absolute Gasteiger partial charge is 0.235 e. The van der Waals surface area contributed by atoms with E-state index < -0.39 is 0 Å². The van der Waals surface area contributed by atoms with Crippen molar-refractivity contribution in [3.05, 3.63) is 11.6 Å². The Hall–Kier alpha value is -0.880. The number of allylic oxidation sites excluding steroid dienone is 2. The van der Waals surface area contributed by atoms with Gasteiger partial charge in [0.15, 0.2) is 0 Å². The summed E-state index contributed by atoms with van der Waals surface area (Å²) in [6.07, 6.45) is 7.27. The van der Waals surface area contributed by atoms with Crippen LogP contribution in [0.4, 0.5) is 0 Å². The van der Waals surface area contributed by atoms with E-state index in [1.165, 1.54) is 5.57 Å². The molecule has 0 aliphatic heterocycles. The molecule has 2 heteroatoms. The van der Waals surface area contributed by atoms with Crippen molar-refractivity contribution in [1.82, 2.24) is 0 Å². The molecule has 0 fully saturated rings. The van der Waals surface area contributed by atoms with E-state index in [-0.39, 0.29) is 6.04 Å². The van der Waals surface area contributed by atoms with Gasteiger partial charge in [0, 0.05) is 0 Å². The van der Waals surface area contributed by atoms with Gasteiger partial charge < -0.3 is 0 Å². The molecule has 2 unspecified atom stereocenters. The first kappa shape index (κ1) is 9.21. The van der Waals surface area contributed by atoms with Gasteiger partial charge in [0.1, 0.15) is 0 Å². The van der Waals surface area contributed by atoms with E-state index >= 15 is 0 Å². The van der Waals surface area contributed by atoms with Crippen molar-refractivity contribution in [2.24, 2.45) is 10.9 Å². The number of carbonyl (C=O) groups excluding carboxylic acids is 1. The van der Waals surface area contributed by atoms with Crippen LogP contribution in [0.25, 0.3) is 0 Å². The van der Waals surface area contributed by atoms with Crippen molar-refractivity contribution in [2.45, 2.75) is 39.2 Å². The Bertz CT molecular complexity index is 226. The summed E-state index contributed by atoms with van der Waals surface area (Å²) in [5, 5.41) is 0. The minimum absolute atomic E-state index is 0.145. The van der Waals surface area contributed by atoms with E-state index in [9.17, 15) is 4.79 Å². The molecular formula is C10H15NO. The molecule has 1 rings (SSSR count). The lowest BCUT2D eigenvalue weighted by Gasteiger charge is -2.22. The van der Waals surface area contributed by atoms with E-state index in [1.54, 1.807) is 6.08 Å². The van der Waals surface area contributed by atoms with Crippen LogP contribution in [0, 0.1) is 5.92 Å². The summed E-state index contributed by atoms with van der Waals surface area (Å²) < 4.78 is 0. The van der Waals surface area contributed by atoms with Gasteiger partial charge in [-0.1, -0.05) is 11.6 Å². The van der Waals surface area contributed by atoms with Gasteiger partial charge in [0.25, 0.3) is 0 Å². The summed E-state index contributed by atoms with van der Waals surface area (Å²) in [4.78, 5) is 13.8. The summed E-state index contributed by atoms with van der Waals surface area (Å²) in [5.74, 6) is 0.551. The lowest BCUT2D eigenvalue weighted by molar-refractivity contribution is 0.402. The molecule has 1 aliphatic rings. The van der Waals surface area contributed by atoms with Gasteiger partial charge in [0.05, 0.1) is 6.04 Å². The molecule has 66 valence electrons. The van der Waals surface area contributed by atoms with Crippen molar-refractivity contribution in [3.63, 3.8) is 0 Å². The van der Waals surface area contributed by atoms with Crippen LogP contribution in [-0.2, 0) is 4.79 Å². The molecule has 2 nitrogen and oxygen atoms in total. The lowest BCUT2D eigenvalue weighted by atomic mass is 9.86. The van der Waals surface area contributed by atoms with Crippen molar-refractivity contribution >= 4 is 6.08 Å². The Kier molecular flexibility index (Phi) is 3.24. The van der Waals surface area contributed by atoms with Crippen LogP contribution in [0.1, 0.15) is 33.1 Å². The maximum atomic E-state index is 10.0. The van der Waals surface area contributed by atoms with Crippen LogP contribution < -0.4 is 0 Å². The molecule has 0 aromatic carbocycles. The summed E-state index contributed by atoms with van der Waals surface area (Å²) in [5.41, 5.74) is 1.47. The van der Waals surface area contributed by atoms with E-state index in [0.717, 1.165) is 19.3 Å². The summed E-state index contributed by atoms with van der Waals surface area (Å²) in [6.45, 7) is 4.15. The Morgan fingerprint density at radius 2 is 2.50 bits per heavy atom. The molecule has 0 saturated heterocycles. The molecule has 0 aromatic heterocycles. The number of hydrogen-bond donors (Lipinski definition) is 0. The average molecular weight is 165 g/mol. The number of rotatable bonds is 2. The predicted molar refractivity (Wildman–Crippen MR) is 48.7 cm³/mol. The minimum Gasteiger partial charge on any atom is -0.211 e. The van der Waals surface area contributed by atoms with Crippen molar-refractivity contribution < 1.29 is 4.79 Å². The second kappa shape index (κ2) is 4.22. The van der Waals surface area contributed by atoms with Crippen LogP contribution in [0.15, 0.2) is 16.6 Å². The fourth-order valence-corrected chi connectivity index (χ4v) is 1.61. The molecule has 0 amide bonds. The number of nitrogens with zero attached hydrogens (tertiary/aromatic N) is 1. The monoisotopic (exact) mass is 165 g/mol. The van der Waals surface area contributed by atoms with Gasteiger partial charge >= 0.3 is 0 Å². The van der Waals surface area contributed by atoms with Crippen molar-refractivity contribution in [1.29, 1.82) is 0 Å². The van der Waals surface area contributed by atoms with Crippen LogP contribution in [0.3, 0.4) is 0 Å². The van der Waals surface area contributed by atoms with Gasteiger partial charge in [-0.2, -0.15) is 0 Å². The zero-order chi connectivity index (χ0) is 8.97.